The van der Waals surface area contributed by atoms with E-state index >= 15 is 0 Å². The highest BCUT2D eigenvalue weighted by Gasteiger charge is 2.27. The van der Waals surface area contributed by atoms with Gasteiger partial charge >= 0.3 is 5.97 Å². The van der Waals surface area contributed by atoms with Gasteiger partial charge in [0.15, 0.2) is 5.11 Å². The maximum absolute atomic E-state index is 12.8. The van der Waals surface area contributed by atoms with Gasteiger partial charge in [0.05, 0.1) is 6.61 Å². The summed E-state index contributed by atoms with van der Waals surface area (Å²) < 4.78 is 5.36. The molecule has 1 aromatic heterocycles. The van der Waals surface area contributed by atoms with E-state index in [0.29, 0.717) is 23.3 Å². The predicted octanol–water partition coefficient (Wildman–Crippen LogP) is 5.47. The number of benzene rings is 1. The van der Waals surface area contributed by atoms with Gasteiger partial charge in [0.2, 0.25) is 0 Å². The van der Waals surface area contributed by atoms with Crippen molar-refractivity contribution in [2.45, 2.75) is 46.1 Å². The van der Waals surface area contributed by atoms with Gasteiger partial charge in [0.25, 0.3) is 0 Å². The summed E-state index contributed by atoms with van der Waals surface area (Å²) in [7, 11) is 0. The Morgan fingerprint density at radius 1 is 1.33 bits per heavy atom. The molecule has 2 heterocycles. The number of rotatable bonds is 4. The highest BCUT2D eigenvalue weighted by Crippen LogP contribution is 2.40. The highest BCUT2D eigenvalue weighted by atomic mass is 32.1. The minimum atomic E-state index is -0.308. The number of thiocarbonyl (C=S) groups is 1. The van der Waals surface area contributed by atoms with Crippen LogP contribution in [0.3, 0.4) is 0 Å². The summed E-state index contributed by atoms with van der Waals surface area (Å²) in [5, 5.41) is 4.82. The second-order valence-corrected chi connectivity index (χ2v) is 8.40. The Morgan fingerprint density at radius 3 is 2.74 bits per heavy atom. The number of carbonyl (C=O) groups excluding carboxylic acids is 1. The molecule has 0 saturated carbocycles. The summed E-state index contributed by atoms with van der Waals surface area (Å²) in [6.45, 7) is 7.36. The number of nitrogens with zero attached hydrogens (tertiary/aromatic N) is 1. The third-order valence-electron chi connectivity index (χ3n) is 4.91. The number of thiophene rings is 1. The van der Waals surface area contributed by atoms with Gasteiger partial charge in [-0.2, -0.15) is 0 Å². The van der Waals surface area contributed by atoms with E-state index in [4.69, 9.17) is 17.0 Å². The van der Waals surface area contributed by atoms with Crippen molar-refractivity contribution >= 4 is 39.6 Å². The molecule has 3 rings (SSSR count). The number of carbonyl (C=O) groups is 1. The lowest BCUT2D eigenvalue weighted by Gasteiger charge is -2.35. The summed E-state index contributed by atoms with van der Waals surface area (Å²) in [6, 6.07) is 10.4. The van der Waals surface area contributed by atoms with Crippen molar-refractivity contribution in [3.8, 4) is 11.1 Å². The third-order valence-corrected chi connectivity index (χ3v) is 6.27. The van der Waals surface area contributed by atoms with Gasteiger partial charge in [-0.1, -0.05) is 30.3 Å². The number of nitrogens with one attached hydrogen (secondary N) is 1. The molecule has 1 fully saturated rings. The molecule has 1 aliphatic rings. The predicted molar refractivity (Wildman–Crippen MR) is 117 cm³/mol. The normalized spacial score (nSPS) is 16.9. The van der Waals surface area contributed by atoms with E-state index in [9.17, 15) is 4.79 Å². The molecule has 0 spiro atoms. The molecule has 0 amide bonds. The van der Waals surface area contributed by atoms with Crippen molar-refractivity contribution in [2.75, 3.05) is 18.5 Å². The maximum atomic E-state index is 12.8. The van der Waals surface area contributed by atoms with E-state index in [1.54, 1.807) is 11.3 Å². The summed E-state index contributed by atoms with van der Waals surface area (Å²) in [5.74, 6) is -0.308. The second kappa shape index (κ2) is 8.85. The number of anilines is 1. The summed E-state index contributed by atoms with van der Waals surface area (Å²) in [4.78, 5) is 16.1. The lowest BCUT2D eigenvalue weighted by Crippen LogP contribution is -2.44. The first-order chi connectivity index (χ1) is 13.0. The lowest BCUT2D eigenvalue weighted by molar-refractivity contribution is 0.0529. The summed E-state index contributed by atoms with van der Waals surface area (Å²) in [6.07, 6.45) is 3.53. The molecule has 0 radical (unpaired) electrons. The Kier molecular flexibility index (Phi) is 6.50. The molecule has 1 aliphatic heterocycles. The molecule has 144 valence electrons. The standard InChI is InChI=1S/C21H26N2O2S2/c1-4-25-20(24)18-17(16-11-6-5-7-12-16)15(3)27-19(18)22-21(26)23-13-9-8-10-14(23)2/h5-7,11-12,14H,4,8-10,13H2,1-3H3,(H,22,26). The molecule has 6 heteroatoms. The van der Waals surface area contributed by atoms with Gasteiger partial charge in [0, 0.05) is 23.0 Å². The Balaban J connectivity index is 1.97. The monoisotopic (exact) mass is 402 g/mol. The number of hydrogen-bond acceptors (Lipinski definition) is 4. The van der Waals surface area contributed by atoms with E-state index in [-0.39, 0.29) is 5.97 Å². The van der Waals surface area contributed by atoms with Crippen molar-refractivity contribution in [3.63, 3.8) is 0 Å². The van der Waals surface area contributed by atoms with E-state index in [0.717, 1.165) is 40.4 Å². The number of ether oxygens (including phenoxy) is 1. The van der Waals surface area contributed by atoms with Crippen molar-refractivity contribution < 1.29 is 9.53 Å². The van der Waals surface area contributed by atoms with Crippen LogP contribution in [0.4, 0.5) is 5.00 Å². The van der Waals surface area contributed by atoms with Crippen molar-refractivity contribution in [1.29, 1.82) is 0 Å². The molecule has 2 aromatic rings. The molecule has 1 aromatic carbocycles. The van der Waals surface area contributed by atoms with Crippen molar-refractivity contribution in [1.82, 2.24) is 4.90 Å². The van der Waals surface area contributed by atoms with Crippen LogP contribution in [-0.4, -0.2) is 35.2 Å². The van der Waals surface area contributed by atoms with Crippen LogP contribution in [0.25, 0.3) is 11.1 Å². The molecule has 27 heavy (non-hydrogen) atoms. The lowest BCUT2D eigenvalue weighted by atomic mass is 10.0. The Bertz CT molecular complexity index is 817. The Hall–Kier alpha value is -1.92. The Labute approximate surface area is 170 Å². The van der Waals surface area contributed by atoms with E-state index < -0.39 is 0 Å². The van der Waals surface area contributed by atoms with E-state index in [2.05, 4.69) is 17.1 Å². The molecule has 1 saturated heterocycles. The zero-order valence-corrected chi connectivity index (χ0v) is 17.7. The quantitative estimate of drug-likeness (QED) is 0.542. The van der Waals surface area contributed by atoms with Crippen LogP contribution in [0.15, 0.2) is 30.3 Å². The topological polar surface area (TPSA) is 41.6 Å². The van der Waals surface area contributed by atoms with E-state index in [1.165, 1.54) is 6.42 Å². The van der Waals surface area contributed by atoms with Crippen LogP contribution in [0, 0.1) is 6.92 Å². The number of likely N-dealkylation sites (tertiary alicyclic amines) is 1. The van der Waals surface area contributed by atoms with Gasteiger partial charge < -0.3 is 15.0 Å². The number of esters is 1. The first kappa shape index (κ1) is 19.8. The molecule has 0 aliphatic carbocycles. The molecule has 4 nitrogen and oxygen atoms in total. The minimum Gasteiger partial charge on any atom is -0.462 e. The van der Waals surface area contributed by atoms with Crippen LogP contribution < -0.4 is 5.32 Å². The smallest absolute Gasteiger partial charge is 0.341 e. The van der Waals surface area contributed by atoms with E-state index in [1.807, 2.05) is 44.2 Å². The largest absolute Gasteiger partial charge is 0.462 e. The van der Waals surface area contributed by atoms with Crippen molar-refractivity contribution in [3.05, 3.63) is 40.8 Å². The van der Waals surface area contributed by atoms with Gasteiger partial charge in [-0.05, 0) is 57.8 Å². The molecule has 1 unspecified atom stereocenters. The average molecular weight is 403 g/mol. The van der Waals surface area contributed by atoms with Crippen LogP contribution >= 0.6 is 23.6 Å². The fourth-order valence-electron chi connectivity index (χ4n) is 3.55. The Morgan fingerprint density at radius 2 is 2.07 bits per heavy atom. The molecule has 1 atom stereocenters. The van der Waals surface area contributed by atoms with Crippen molar-refractivity contribution in [2.24, 2.45) is 0 Å². The zero-order valence-electron chi connectivity index (χ0n) is 16.1. The van der Waals surface area contributed by atoms with Gasteiger partial charge in [-0.15, -0.1) is 11.3 Å². The van der Waals surface area contributed by atoms with Gasteiger partial charge in [0.1, 0.15) is 10.6 Å². The second-order valence-electron chi connectivity index (χ2n) is 6.79. The summed E-state index contributed by atoms with van der Waals surface area (Å²) >= 11 is 7.24. The van der Waals surface area contributed by atoms with Crippen LogP contribution in [0.5, 0.6) is 0 Å². The molecular formula is C21H26N2O2S2. The summed E-state index contributed by atoms with van der Waals surface area (Å²) in [5.41, 5.74) is 2.52. The fourth-order valence-corrected chi connectivity index (χ4v) is 5.05. The van der Waals surface area contributed by atoms with Crippen LogP contribution in [0.1, 0.15) is 48.3 Å². The first-order valence-electron chi connectivity index (χ1n) is 9.46. The highest BCUT2D eigenvalue weighted by molar-refractivity contribution is 7.80. The number of aryl methyl sites for hydroxylation is 1. The zero-order chi connectivity index (χ0) is 19.4. The average Bonchev–Trinajstić information content (AvgIpc) is 2.98. The molecule has 1 N–H and O–H groups in total. The molecular weight excluding hydrogens is 376 g/mol. The minimum absolute atomic E-state index is 0.308. The fraction of sp³-hybridized carbons (Fsp3) is 0.429. The third kappa shape index (κ3) is 4.33. The number of hydrogen-bond donors (Lipinski definition) is 1. The molecule has 0 bridgehead atoms. The number of piperidine rings is 1. The van der Waals surface area contributed by atoms with Crippen LogP contribution in [-0.2, 0) is 4.74 Å². The van der Waals surface area contributed by atoms with Crippen LogP contribution in [0.2, 0.25) is 0 Å². The van der Waals surface area contributed by atoms with Gasteiger partial charge in [-0.3, -0.25) is 0 Å². The first-order valence-corrected chi connectivity index (χ1v) is 10.7. The van der Waals surface area contributed by atoms with Gasteiger partial charge in [-0.25, -0.2) is 4.79 Å². The maximum Gasteiger partial charge on any atom is 0.341 e. The SMILES string of the molecule is CCOC(=O)c1c(NC(=S)N2CCCCC2C)sc(C)c1-c1ccccc1.